The van der Waals surface area contributed by atoms with Gasteiger partial charge in [-0.1, -0.05) is 0 Å². The molecule has 0 atom stereocenters. The number of alkyl halides is 3. The van der Waals surface area contributed by atoms with Crippen LogP contribution in [0.3, 0.4) is 0 Å². The first-order valence-corrected chi connectivity index (χ1v) is 3.06. The van der Waals surface area contributed by atoms with Crippen LogP contribution in [0.4, 0.5) is 13.2 Å². The fraction of sp³-hybridized carbons (Fsp3) is 0.667. The molecule has 78 valence electrons. The fourth-order valence-electron chi connectivity index (χ4n) is 0. The average Bonchev–Trinajstić information content (AvgIpc) is 1.85. The van der Waals surface area contributed by atoms with Crippen molar-refractivity contribution in [3.8, 4) is 0 Å². The predicted octanol–water partition coefficient (Wildman–Crippen LogP) is 0.556. The van der Waals surface area contributed by atoms with Gasteiger partial charge in [-0.05, 0) is 13.8 Å². The van der Waals surface area contributed by atoms with Crippen molar-refractivity contribution in [2.75, 3.05) is 0 Å². The highest BCUT2D eigenvalue weighted by atomic mass is 19.4. The van der Waals surface area contributed by atoms with Crippen molar-refractivity contribution in [1.82, 2.24) is 0 Å². The van der Waals surface area contributed by atoms with Gasteiger partial charge in [0.25, 0.3) is 0 Å². The molecule has 0 saturated heterocycles. The minimum Gasteiger partial charge on any atom is -0.475 e. The van der Waals surface area contributed by atoms with Gasteiger partial charge in [-0.25, -0.2) is 4.79 Å². The lowest BCUT2D eigenvalue weighted by Gasteiger charge is -2.04. The molecule has 0 unspecified atom stereocenters. The lowest BCUT2D eigenvalue weighted by atomic mass is 10.1. The third-order valence-electron chi connectivity index (χ3n) is 0.546. The summed E-state index contributed by atoms with van der Waals surface area (Å²) in [6, 6.07) is 0. The van der Waals surface area contributed by atoms with Crippen LogP contribution in [0.25, 0.3) is 0 Å². The van der Waals surface area contributed by atoms with Crippen LogP contribution in [0, 0.1) is 0 Å². The summed E-state index contributed by atoms with van der Waals surface area (Å²) in [4.78, 5) is 18.6. The smallest absolute Gasteiger partial charge is 0.475 e. The average molecular weight is 201 g/mol. The first-order chi connectivity index (χ1) is 5.50. The van der Waals surface area contributed by atoms with E-state index in [2.05, 4.69) is 0 Å². The van der Waals surface area contributed by atoms with Crippen LogP contribution >= 0.6 is 0 Å². The number of nitrogens with two attached hydrogens (primary N) is 1. The molecule has 0 radical (unpaired) electrons. The van der Waals surface area contributed by atoms with Crippen molar-refractivity contribution >= 4 is 12.3 Å². The third-order valence-corrected chi connectivity index (χ3v) is 0.546. The SMILES string of the molecule is CC(C)(N)C=O.O=C(O)C(F)(F)F. The molecule has 0 saturated carbocycles. The van der Waals surface area contributed by atoms with E-state index in [9.17, 15) is 18.0 Å². The molecule has 0 fully saturated rings. The molecule has 0 aliphatic carbocycles. The number of aliphatic carboxylic acids is 1. The number of hydrogen-bond donors (Lipinski definition) is 2. The summed E-state index contributed by atoms with van der Waals surface area (Å²) in [6.45, 7) is 3.31. The Morgan fingerprint density at radius 1 is 1.38 bits per heavy atom. The Morgan fingerprint density at radius 2 is 1.54 bits per heavy atom. The highest BCUT2D eigenvalue weighted by Gasteiger charge is 2.38. The zero-order valence-electron chi connectivity index (χ0n) is 7.05. The van der Waals surface area contributed by atoms with Gasteiger partial charge in [0.1, 0.15) is 6.29 Å². The lowest BCUT2D eigenvalue weighted by molar-refractivity contribution is -0.192. The molecule has 0 aromatic heterocycles. The summed E-state index contributed by atoms with van der Waals surface area (Å²) in [7, 11) is 0. The minimum absolute atomic E-state index is 0.639. The van der Waals surface area contributed by atoms with Gasteiger partial charge in [0, 0.05) is 0 Å². The maximum absolute atomic E-state index is 10.6. The number of hydrogen-bond acceptors (Lipinski definition) is 3. The molecule has 0 aromatic carbocycles. The monoisotopic (exact) mass is 201 g/mol. The Kier molecular flexibility index (Phi) is 5.33. The molecule has 0 bridgehead atoms. The zero-order chi connectivity index (χ0) is 11.3. The Morgan fingerprint density at radius 3 is 1.54 bits per heavy atom. The van der Waals surface area contributed by atoms with Gasteiger partial charge in [-0.3, -0.25) is 0 Å². The first-order valence-electron chi connectivity index (χ1n) is 3.06. The molecule has 0 rings (SSSR count). The third kappa shape index (κ3) is 13.8. The fourth-order valence-corrected chi connectivity index (χ4v) is 0. The van der Waals surface area contributed by atoms with Crippen LogP contribution in [-0.2, 0) is 9.59 Å². The number of rotatable bonds is 1. The molecule has 13 heavy (non-hydrogen) atoms. The van der Waals surface area contributed by atoms with Crippen molar-refractivity contribution in [1.29, 1.82) is 0 Å². The van der Waals surface area contributed by atoms with Crippen molar-refractivity contribution in [2.45, 2.75) is 25.6 Å². The maximum Gasteiger partial charge on any atom is 0.490 e. The molecule has 4 nitrogen and oxygen atoms in total. The van der Waals surface area contributed by atoms with Crippen molar-refractivity contribution in [3.05, 3.63) is 0 Å². The molecule has 0 aliphatic rings. The summed E-state index contributed by atoms with van der Waals surface area (Å²) in [5.41, 5.74) is 4.53. The highest BCUT2D eigenvalue weighted by molar-refractivity contribution is 5.73. The summed E-state index contributed by atoms with van der Waals surface area (Å²) in [5.74, 6) is -2.76. The van der Waals surface area contributed by atoms with E-state index in [1.807, 2.05) is 0 Å². The van der Waals surface area contributed by atoms with E-state index in [1.165, 1.54) is 0 Å². The second kappa shape index (κ2) is 4.80. The largest absolute Gasteiger partial charge is 0.490 e. The normalized spacial score (nSPS) is 11.2. The van der Waals surface area contributed by atoms with E-state index in [4.69, 9.17) is 15.6 Å². The van der Waals surface area contributed by atoms with Gasteiger partial charge in [0.05, 0.1) is 5.54 Å². The molecule has 0 heterocycles. The molecule has 0 aromatic rings. The number of carboxylic acids is 1. The standard InChI is InChI=1S/C4H9NO.C2HF3O2/c1-4(2,5)3-6;3-2(4,5)1(6)7/h3H,5H2,1-2H3;(H,6,7). The molecule has 0 aliphatic heterocycles. The second-order valence-electron chi connectivity index (χ2n) is 2.74. The predicted molar refractivity (Wildman–Crippen MR) is 38.0 cm³/mol. The van der Waals surface area contributed by atoms with E-state index in [1.54, 1.807) is 13.8 Å². The minimum atomic E-state index is -5.08. The Bertz CT molecular complexity index is 183. The molecular formula is C6H10F3NO3. The first kappa shape index (κ1) is 14.4. The molecule has 0 spiro atoms. The lowest BCUT2D eigenvalue weighted by Crippen LogP contribution is -2.33. The van der Waals surface area contributed by atoms with Crippen LogP contribution in [0.15, 0.2) is 0 Å². The van der Waals surface area contributed by atoms with Crippen LogP contribution in [0.2, 0.25) is 0 Å². The van der Waals surface area contributed by atoms with E-state index in [-0.39, 0.29) is 0 Å². The van der Waals surface area contributed by atoms with Gasteiger partial charge in [-0.2, -0.15) is 13.2 Å². The Balaban J connectivity index is 0. The quantitative estimate of drug-likeness (QED) is 0.607. The van der Waals surface area contributed by atoms with Gasteiger partial charge >= 0.3 is 12.1 Å². The maximum atomic E-state index is 10.6. The van der Waals surface area contributed by atoms with Gasteiger partial charge < -0.3 is 15.6 Å². The van der Waals surface area contributed by atoms with Gasteiger partial charge in [-0.15, -0.1) is 0 Å². The van der Waals surface area contributed by atoms with Crippen LogP contribution < -0.4 is 5.73 Å². The van der Waals surface area contributed by atoms with Gasteiger partial charge in [0.2, 0.25) is 0 Å². The van der Waals surface area contributed by atoms with Crippen molar-refractivity contribution in [3.63, 3.8) is 0 Å². The van der Waals surface area contributed by atoms with Crippen molar-refractivity contribution in [2.24, 2.45) is 5.73 Å². The van der Waals surface area contributed by atoms with E-state index >= 15 is 0 Å². The van der Waals surface area contributed by atoms with E-state index in [0.29, 0.717) is 6.29 Å². The van der Waals surface area contributed by atoms with E-state index in [0.717, 1.165) is 0 Å². The topological polar surface area (TPSA) is 80.4 Å². The van der Waals surface area contributed by atoms with Crippen LogP contribution in [0.1, 0.15) is 13.8 Å². The second-order valence-corrected chi connectivity index (χ2v) is 2.74. The summed E-state index contributed by atoms with van der Waals surface area (Å²) < 4.78 is 31.7. The van der Waals surface area contributed by atoms with Crippen LogP contribution in [0.5, 0.6) is 0 Å². The van der Waals surface area contributed by atoms with Crippen LogP contribution in [-0.4, -0.2) is 29.1 Å². The molecule has 0 amide bonds. The number of aldehydes is 1. The summed E-state index contributed by atoms with van der Waals surface area (Å²) in [6.07, 6.45) is -4.37. The number of carbonyl (C=O) groups excluding carboxylic acids is 1. The molecule has 7 heteroatoms. The number of carbonyl (C=O) groups is 2. The van der Waals surface area contributed by atoms with Crippen molar-refractivity contribution < 1.29 is 27.9 Å². The molecule has 3 N–H and O–H groups in total. The highest BCUT2D eigenvalue weighted by Crippen LogP contribution is 2.13. The zero-order valence-corrected chi connectivity index (χ0v) is 7.05. The van der Waals surface area contributed by atoms with E-state index < -0.39 is 17.7 Å². The summed E-state index contributed by atoms with van der Waals surface area (Å²) >= 11 is 0. The number of carboxylic acid groups (broad SMARTS) is 1. The summed E-state index contributed by atoms with van der Waals surface area (Å²) in [5, 5.41) is 7.12. The molecular weight excluding hydrogens is 191 g/mol. The Labute approximate surface area is 72.5 Å². The number of halogens is 3. The van der Waals surface area contributed by atoms with Gasteiger partial charge in [0.15, 0.2) is 0 Å². The Hall–Kier alpha value is -1.11.